The van der Waals surface area contributed by atoms with E-state index in [0.29, 0.717) is 10.7 Å². The van der Waals surface area contributed by atoms with E-state index in [-0.39, 0.29) is 11.8 Å². The van der Waals surface area contributed by atoms with Gasteiger partial charge in [0.2, 0.25) is 5.91 Å². The Morgan fingerprint density at radius 1 is 0.929 bits per heavy atom. The van der Waals surface area contributed by atoms with Crippen LogP contribution in [0.1, 0.15) is 48.2 Å². The summed E-state index contributed by atoms with van der Waals surface area (Å²) in [4.78, 5) is 28.7. The molecular weight excluding hydrogens is 374 g/mol. The summed E-state index contributed by atoms with van der Waals surface area (Å²) in [6, 6.07) is 16.9. The van der Waals surface area contributed by atoms with Crippen molar-refractivity contribution in [1.29, 1.82) is 0 Å². The van der Waals surface area contributed by atoms with E-state index in [0.717, 1.165) is 48.6 Å². The van der Waals surface area contributed by atoms with E-state index in [1.165, 1.54) is 0 Å². The second kappa shape index (κ2) is 7.68. The molecule has 1 heterocycles. The molecule has 4 rings (SSSR count). The Hall–Kier alpha value is -2.79. The molecule has 6 heteroatoms. The summed E-state index contributed by atoms with van der Waals surface area (Å²) in [5.41, 5.74) is 6.81. The monoisotopic (exact) mass is 395 g/mol. The highest BCUT2D eigenvalue weighted by Crippen LogP contribution is 2.39. The number of hydrogen-bond acceptors (Lipinski definition) is 2. The minimum absolute atomic E-state index is 0.161. The molecule has 0 atom stereocenters. The number of halogens is 1. The first-order valence-corrected chi connectivity index (χ1v) is 9.91. The number of fused-ring (bicyclic) bond motifs is 1. The number of carbonyl (C=O) groups is 2. The van der Waals surface area contributed by atoms with E-state index < -0.39 is 5.41 Å². The van der Waals surface area contributed by atoms with Gasteiger partial charge < -0.3 is 4.98 Å². The Labute approximate surface area is 168 Å². The molecule has 3 aromatic rings. The Morgan fingerprint density at radius 3 is 2.43 bits per heavy atom. The third-order valence-electron chi connectivity index (χ3n) is 5.59. The van der Waals surface area contributed by atoms with Gasteiger partial charge in [0.1, 0.15) is 5.69 Å². The fraction of sp³-hybridized carbons (Fsp3) is 0.273. The molecule has 28 heavy (non-hydrogen) atoms. The summed E-state index contributed by atoms with van der Waals surface area (Å²) in [5, 5.41) is 1.45. The second-order valence-corrected chi connectivity index (χ2v) is 7.77. The highest BCUT2D eigenvalue weighted by Gasteiger charge is 2.41. The van der Waals surface area contributed by atoms with Crippen LogP contribution in [0.25, 0.3) is 10.9 Å². The summed E-state index contributed by atoms with van der Waals surface area (Å²) >= 11 is 6.00. The van der Waals surface area contributed by atoms with Crippen molar-refractivity contribution >= 4 is 34.3 Å². The quantitative estimate of drug-likeness (QED) is 0.572. The second-order valence-electron chi connectivity index (χ2n) is 7.33. The molecule has 3 N–H and O–H groups in total. The number of amides is 2. The number of H-pyrrole nitrogens is 1. The first-order chi connectivity index (χ1) is 13.6. The number of aromatic nitrogens is 1. The molecule has 0 aliphatic heterocycles. The molecule has 0 bridgehead atoms. The largest absolute Gasteiger partial charge is 0.350 e. The molecule has 0 spiro atoms. The molecule has 0 unspecified atom stereocenters. The summed E-state index contributed by atoms with van der Waals surface area (Å²) in [7, 11) is 0. The van der Waals surface area contributed by atoms with Crippen molar-refractivity contribution in [2.75, 3.05) is 0 Å². The molecule has 1 saturated carbocycles. The molecule has 1 aliphatic carbocycles. The van der Waals surface area contributed by atoms with Crippen LogP contribution >= 0.6 is 11.6 Å². The molecule has 144 valence electrons. The molecule has 2 amide bonds. The highest BCUT2D eigenvalue weighted by molar-refractivity contribution is 6.31. The Morgan fingerprint density at radius 2 is 1.68 bits per heavy atom. The molecule has 1 aromatic heterocycles. The van der Waals surface area contributed by atoms with Crippen LogP contribution in [0, 0.1) is 0 Å². The van der Waals surface area contributed by atoms with Crippen LogP contribution in [0.4, 0.5) is 0 Å². The lowest BCUT2D eigenvalue weighted by Crippen LogP contribution is -2.52. The fourth-order valence-electron chi connectivity index (χ4n) is 4.09. The van der Waals surface area contributed by atoms with Crippen molar-refractivity contribution in [3.05, 3.63) is 70.9 Å². The van der Waals surface area contributed by atoms with Gasteiger partial charge in [-0.05, 0) is 42.7 Å². The van der Waals surface area contributed by atoms with Crippen LogP contribution in [0.15, 0.2) is 54.6 Å². The molecule has 0 radical (unpaired) electrons. The summed E-state index contributed by atoms with van der Waals surface area (Å²) in [6.45, 7) is 0. The zero-order chi connectivity index (χ0) is 19.6. The average Bonchev–Trinajstić information content (AvgIpc) is 3.16. The van der Waals surface area contributed by atoms with Crippen molar-refractivity contribution < 1.29 is 9.59 Å². The third-order valence-corrected chi connectivity index (χ3v) is 5.82. The number of aromatic amines is 1. The van der Waals surface area contributed by atoms with Crippen LogP contribution in [-0.2, 0) is 10.2 Å². The number of hydrogen-bond donors (Lipinski definition) is 3. The summed E-state index contributed by atoms with van der Waals surface area (Å²) < 4.78 is 0. The van der Waals surface area contributed by atoms with Crippen molar-refractivity contribution in [3.63, 3.8) is 0 Å². The van der Waals surface area contributed by atoms with Gasteiger partial charge in [-0.15, -0.1) is 0 Å². The van der Waals surface area contributed by atoms with Crippen molar-refractivity contribution in [2.45, 2.75) is 37.5 Å². The van der Waals surface area contributed by atoms with E-state index in [2.05, 4.69) is 15.8 Å². The van der Waals surface area contributed by atoms with Crippen molar-refractivity contribution in [2.24, 2.45) is 0 Å². The van der Waals surface area contributed by atoms with Crippen LogP contribution in [-0.4, -0.2) is 16.8 Å². The topological polar surface area (TPSA) is 74.0 Å². The molecular formula is C22H22ClN3O2. The minimum atomic E-state index is -0.596. The van der Waals surface area contributed by atoms with Gasteiger partial charge in [0, 0.05) is 15.9 Å². The van der Waals surface area contributed by atoms with Gasteiger partial charge in [-0.25, -0.2) is 0 Å². The lowest BCUT2D eigenvalue weighted by molar-refractivity contribution is -0.128. The van der Waals surface area contributed by atoms with E-state index in [4.69, 9.17) is 11.6 Å². The van der Waals surface area contributed by atoms with Crippen LogP contribution in [0.3, 0.4) is 0 Å². The fourth-order valence-corrected chi connectivity index (χ4v) is 4.27. The maximum absolute atomic E-state index is 13.1. The van der Waals surface area contributed by atoms with E-state index in [1.807, 2.05) is 36.4 Å². The van der Waals surface area contributed by atoms with Crippen LogP contribution < -0.4 is 10.9 Å². The summed E-state index contributed by atoms with van der Waals surface area (Å²) in [5.74, 6) is -0.550. The van der Waals surface area contributed by atoms with Crippen LogP contribution in [0.2, 0.25) is 5.02 Å². The van der Waals surface area contributed by atoms with Gasteiger partial charge in [-0.2, -0.15) is 0 Å². The van der Waals surface area contributed by atoms with E-state index in [9.17, 15) is 9.59 Å². The van der Waals surface area contributed by atoms with Crippen molar-refractivity contribution in [1.82, 2.24) is 15.8 Å². The Balaban J connectivity index is 1.50. The average molecular weight is 396 g/mol. The standard InChI is InChI=1S/C22H22ClN3O2/c23-17-9-10-18-15(13-17)14-19(24-18)20(27)25-26-21(28)22(11-5-2-6-12-22)16-7-3-1-4-8-16/h1,3-4,7-10,13-14,24H,2,5-6,11-12H2,(H,25,27)(H,26,28). The third kappa shape index (κ3) is 3.50. The van der Waals surface area contributed by atoms with Gasteiger partial charge in [0.15, 0.2) is 0 Å². The predicted molar refractivity (Wildman–Crippen MR) is 110 cm³/mol. The molecule has 5 nitrogen and oxygen atoms in total. The first kappa shape index (κ1) is 18.6. The minimum Gasteiger partial charge on any atom is -0.350 e. The van der Waals surface area contributed by atoms with E-state index in [1.54, 1.807) is 18.2 Å². The number of benzene rings is 2. The smallest absolute Gasteiger partial charge is 0.286 e. The molecule has 0 saturated heterocycles. The SMILES string of the molecule is O=C(NNC(=O)C1(c2ccccc2)CCCCC1)c1cc2cc(Cl)ccc2[nH]1. The highest BCUT2D eigenvalue weighted by atomic mass is 35.5. The lowest BCUT2D eigenvalue weighted by atomic mass is 9.69. The predicted octanol–water partition coefficient (Wildman–Crippen LogP) is 4.48. The maximum Gasteiger partial charge on any atom is 0.286 e. The maximum atomic E-state index is 13.1. The number of hydrazine groups is 1. The lowest BCUT2D eigenvalue weighted by Gasteiger charge is -2.36. The zero-order valence-corrected chi connectivity index (χ0v) is 16.2. The number of carbonyl (C=O) groups excluding carboxylic acids is 2. The van der Waals surface area contributed by atoms with Crippen LogP contribution in [0.5, 0.6) is 0 Å². The van der Waals surface area contributed by atoms with Gasteiger partial charge in [-0.3, -0.25) is 20.4 Å². The van der Waals surface area contributed by atoms with Gasteiger partial charge >= 0.3 is 0 Å². The van der Waals surface area contributed by atoms with Crippen molar-refractivity contribution in [3.8, 4) is 0 Å². The number of rotatable bonds is 3. The number of nitrogens with one attached hydrogen (secondary N) is 3. The summed E-state index contributed by atoms with van der Waals surface area (Å²) in [6.07, 6.45) is 4.69. The van der Waals surface area contributed by atoms with Gasteiger partial charge in [0.25, 0.3) is 5.91 Å². The zero-order valence-electron chi connectivity index (χ0n) is 15.4. The molecule has 2 aromatic carbocycles. The van der Waals surface area contributed by atoms with Gasteiger partial charge in [-0.1, -0.05) is 61.2 Å². The Kier molecular flexibility index (Phi) is 5.09. The van der Waals surface area contributed by atoms with Gasteiger partial charge in [0.05, 0.1) is 5.41 Å². The normalized spacial score (nSPS) is 15.9. The molecule has 1 aliphatic rings. The Bertz CT molecular complexity index is 1010. The molecule has 1 fully saturated rings. The van der Waals surface area contributed by atoms with E-state index >= 15 is 0 Å². The first-order valence-electron chi connectivity index (χ1n) is 9.53.